The van der Waals surface area contributed by atoms with Gasteiger partial charge in [0.05, 0.1) is 18.8 Å². The molecule has 0 aliphatic carbocycles. The lowest BCUT2D eigenvalue weighted by molar-refractivity contribution is -0.152. The molecule has 5 rings (SSSR count). The van der Waals surface area contributed by atoms with Crippen molar-refractivity contribution in [3.05, 3.63) is 46.2 Å². The van der Waals surface area contributed by atoms with E-state index in [1.807, 2.05) is 48.2 Å². The Labute approximate surface area is 208 Å². The number of nitrogens with zero attached hydrogens (tertiary/aromatic N) is 5. The Kier molecular flexibility index (Phi) is 6.86. The third-order valence-electron chi connectivity index (χ3n) is 7.18. The van der Waals surface area contributed by atoms with E-state index in [4.69, 9.17) is 9.47 Å². The molecule has 0 radical (unpaired) electrons. The summed E-state index contributed by atoms with van der Waals surface area (Å²) in [5, 5.41) is 0. The Morgan fingerprint density at radius 2 is 2.00 bits per heavy atom. The highest BCUT2D eigenvalue weighted by Gasteiger charge is 2.47. The number of fused-ring (bicyclic) bond motifs is 3. The molecule has 0 N–H and O–H groups in total. The molecule has 196 valence electrons. The van der Waals surface area contributed by atoms with Crippen LogP contribution >= 0.6 is 0 Å². The Balaban J connectivity index is 1.36. The minimum atomic E-state index is -4.43. The molecular formula is C25H32F3N5O3. The largest absolute Gasteiger partial charge is 0.492 e. The number of alkyl halides is 3. The van der Waals surface area contributed by atoms with Crippen molar-refractivity contribution in [1.29, 1.82) is 0 Å². The van der Waals surface area contributed by atoms with Gasteiger partial charge in [0, 0.05) is 32.2 Å². The van der Waals surface area contributed by atoms with Crippen LogP contribution in [0.2, 0.25) is 0 Å². The van der Waals surface area contributed by atoms with Gasteiger partial charge in [0.1, 0.15) is 24.2 Å². The van der Waals surface area contributed by atoms with Crippen LogP contribution in [-0.2, 0) is 17.7 Å². The van der Waals surface area contributed by atoms with Crippen LogP contribution in [0.1, 0.15) is 18.4 Å². The first-order valence-electron chi connectivity index (χ1n) is 12.4. The van der Waals surface area contributed by atoms with Crippen LogP contribution in [0.4, 0.5) is 24.9 Å². The van der Waals surface area contributed by atoms with Gasteiger partial charge < -0.3 is 24.2 Å². The number of halogens is 3. The van der Waals surface area contributed by atoms with Gasteiger partial charge in [-0.1, -0.05) is 12.1 Å². The zero-order valence-electron chi connectivity index (χ0n) is 20.6. The smallest absolute Gasteiger partial charge is 0.408 e. The monoisotopic (exact) mass is 507 g/mol. The molecule has 3 aliphatic rings. The molecule has 2 aromatic rings. The average molecular weight is 508 g/mol. The molecule has 2 bridgehead atoms. The summed E-state index contributed by atoms with van der Waals surface area (Å²) in [4.78, 5) is 22.8. The van der Waals surface area contributed by atoms with Crippen LogP contribution in [0, 0.1) is 0 Å². The summed E-state index contributed by atoms with van der Waals surface area (Å²) < 4.78 is 54.9. The second kappa shape index (κ2) is 9.93. The molecule has 11 heteroatoms. The van der Waals surface area contributed by atoms with Gasteiger partial charge in [-0.15, -0.1) is 0 Å². The van der Waals surface area contributed by atoms with E-state index in [0.717, 1.165) is 24.3 Å². The van der Waals surface area contributed by atoms with Gasteiger partial charge in [-0.05, 0) is 51.1 Å². The first-order chi connectivity index (χ1) is 17.2. The van der Waals surface area contributed by atoms with Crippen LogP contribution in [-0.4, -0.2) is 85.8 Å². The number of hydrogen-bond donors (Lipinski definition) is 0. The molecule has 0 spiro atoms. The fraction of sp³-hybridized carbons (Fsp3) is 0.600. The Morgan fingerprint density at radius 1 is 1.22 bits per heavy atom. The Morgan fingerprint density at radius 3 is 2.64 bits per heavy atom. The van der Waals surface area contributed by atoms with Gasteiger partial charge in [-0.2, -0.15) is 18.2 Å². The SMILES string of the molecule is CN(C)CCOc1ccc(CCN2c3nc(N4C[C@@H]5C[C@H]4CO5)cc(=O)n3CC[C@H]2C(F)(F)F)cc1. The summed E-state index contributed by atoms with van der Waals surface area (Å²) in [6.07, 6.45) is -3.29. The lowest BCUT2D eigenvalue weighted by Gasteiger charge is -2.39. The number of aromatic nitrogens is 2. The molecule has 3 aliphatic heterocycles. The first-order valence-corrected chi connectivity index (χ1v) is 12.4. The number of anilines is 2. The number of benzene rings is 1. The molecule has 0 saturated carbocycles. The third kappa shape index (κ3) is 5.17. The zero-order valence-corrected chi connectivity index (χ0v) is 20.6. The predicted molar refractivity (Wildman–Crippen MR) is 130 cm³/mol. The van der Waals surface area contributed by atoms with Crippen molar-refractivity contribution in [1.82, 2.24) is 14.5 Å². The number of hydrogen-bond acceptors (Lipinski definition) is 7. The van der Waals surface area contributed by atoms with Crippen molar-refractivity contribution < 1.29 is 22.6 Å². The van der Waals surface area contributed by atoms with Crippen molar-refractivity contribution in [3.8, 4) is 5.75 Å². The summed E-state index contributed by atoms with van der Waals surface area (Å²) in [6, 6.07) is 7.28. The molecule has 0 unspecified atom stereocenters. The summed E-state index contributed by atoms with van der Waals surface area (Å²) in [6.45, 7) is 2.58. The summed E-state index contributed by atoms with van der Waals surface area (Å²) in [5.74, 6) is 1.26. The Bertz CT molecular complexity index is 1120. The average Bonchev–Trinajstić information content (AvgIpc) is 3.46. The maximum atomic E-state index is 14.1. The molecular weight excluding hydrogens is 475 g/mol. The van der Waals surface area contributed by atoms with Crippen LogP contribution in [0.3, 0.4) is 0 Å². The molecule has 4 heterocycles. The second-order valence-electron chi connectivity index (χ2n) is 9.99. The molecule has 36 heavy (non-hydrogen) atoms. The highest BCUT2D eigenvalue weighted by atomic mass is 19.4. The quantitative estimate of drug-likeness (QED) is 0.544. The predicted octanol–water partition coefficient (Wildman–Crippen LogP) is 2.54. The minimum Gasteiger partial charge on any atom is -0.492 e. The van der Waals surface area contributed by atoms with E-state index < -0.39 is 12.2 Å². The van der Waals surface area contributed by atoms with Crippen molar-refractivity contribution >= 4 is 11.8 Å². The number of rotatable bonds is 8. The lowest BCUT2D eigenvalue weighted by Crippen LogP contribution is -2.53. The van der Waals surface area contributed by atoms with E-state index in [1.165, 1.54) is 15.5 Å². The van der Waals surface area contributed by atoms with E-state index in [2.05, 4.69) is 4.98 Å². The van der Waals surface area contributed by atoms with Crippen molar-refractivity contribution in [2.75, 3.05) is 56.7 Å². The zero-order chi connectivity index (χ0) is 25.4. The molecule has 2 saturated heterocycles. The van der Waals surface area contributed by atoms with E-state index in [-0.39, 0.29) is 43.2 Å². The normalized spacial score (nSPS) is 23.4. The summed E-state index contributed by atoms with van der Waals surface area (Å²) in [7, 11) is 3.93. The van der Waals surface area contributed by atoms with E-state index in [1.54, 1.807) is 0 Å². The second-order valence-corrected chi connectivity index (χ2v) is 9.99. The van der Waals surface area contributed by atoms with Crippen LogP contribution in [0.5, 0.6) is 5.75 Å². The van der Waals surface area contributed by atoms with Gasteiger partial charge in [-0.3, -0.25) is 9.36 Å². The summed E-state index contributed by atoms with van der Waals surface area (Å²) >= 11 is 0. The maximum absolute atomic E-state index is 14.1. The molecule has 0 amide bonds. The molecule has 3 atom stereocenters. The van der Waals surface area contributed by atoms with Gasteiger partial charge in [0.2, 0.25) is 5.95 Å². The lowest BCUT2D eigenvalue weighted by atomic mass is 10.1. The van der Waals surface area contributed by atoms with Crippen molar-refractivity contribution in [2.24, 2.45) is 0 Å². The topological polar surface area (TPSA) is 63.1 Å². The summed E-state index contributed by atoms with van der Waals surface area (Å²) in [5.41, 5.74) is 0.573. The van der Waals surface area contributed by atoms with E-state index in [9.17, 15) is 18.0 Å². The third-order valence-corrected chi connectivity index (χ3v) is 7.18. The van der Waals surface area contributed by atoms with Crippen LogP contribution < -0.4 is 20.1 Å². The van der Waals surface area contributed by atoms with Crippen molar-refractivity contribution in [2.45, 2.75) is 50.2 Å². The number of ether oxygens (including phenoxy) is 2. The van der Waals surface area contributed by atoms with Gasteiger partial charge >= 0.3 is 6.18 Å². The van der Waals surface area contributed by atoms with E-state index >= 15 is 0 Å². The standard InChI is InChI=1S/C25H32F3N5O3/c1-30(2)11-12-35-19-5-3-17(4-6-19)7-9-31-21(25(26,27)28)8-10-32-23(34)14-22(29-24(31)32)33-15-20-13-18(33)16-36-20/h3-6,14,18,20-21H,7-13,15-16H2,1-2H3/t18-,20-,21-/m0/s1. The maximum Gasteiger partial charge on any atom is 0.408 e. The highest BCUT2D eigenvalue weighted by Crippen LogP contribution is 2.36. The highest BCUT2D eigenvalue weighted by molar-refractivity contribution is 5.49. The Hall–Kier alpha value is -2.79. The minimum absolute atomic E-state index is 0.00370. The number of likely N-dealkylation sites (N-methyl/N-ethyl adjacent to an activating group) is 1. The number of morpholine rings is 1. The molecule has 2 fully saturated rings. The first kappa shape index (κ1) is 24.9. The fourth-order valence-corrected chi connectivity index (χ4v) is 5.23. The fourth-order valence-electron chi connectivity index (χ4n) is 5.23. The van der Waals surface area contributed by atoms with Gasteiger partial charge in [0.15, 0.2) is 0 Å². The van der Waals surface area contributed by atoms with Crippen LogP contribution in [0.15, 0.2) is 35.1 Å². The molecule has 1 aromatic carbocycles. The van der Waals surface area contributed by atoms with Crippen LogP contribution in [0.25, 0.3) is 0 Å². The molecule has 1 aromatic heterocycles. The van der Waals surface area contributed by atoms with Gasteiger partial charge in [0.25, 0.3) is 5.56 Å². The van der Waals surface area contributed by atoms with Crippen molar-refractivity contribution in [3.63, 3.8) is 0 Å². The van der Waals surface area contributed by atoms with Gasteiger partial charge in [-0.25, -0.2) is 0 Å². The van der Waals surface area contributed by atoms with E-state index in [0.29, 0.717) is 32.0 Å². The molecule has 8 nitrogen and oxygen atoms in total.